The largest absolute Gasteiger partial charge is 0.506 e. The maximum atomic E-state index is 16.2. The number of rotatable bonds is 18. The summed E-state index contributed by atoms with van der Waals surface area (Å²) >= 11 is 0. The average molecular weight is 733 g/mol. The lowest BCUT2D eigenvalue weighted by molar-refractivity contribution is -0.00174. The quantitative estimate of drug-likeness (QED) is 0.0683. The fourth-order valence-electron chi connectivity index (χ4n) is 8.02. The Morgan fingerprint density at radius 3 is 2.36 bits per heavy atom. The van der Waals surface area contributed by atoms with Crippen molar-refractivity contribution in [3.05, 3.63) is 105 Å². The van der Waals surface area contributed by atoms with Gasteiger partial charge in [-0.3, -0.25) is 9.69 Å². The van der Waals surface area contributed by atoms with Gasteiger partial charge in [0.1, 0.15) is 11.6 Å². The zero-order chi connectivity index (χ0) is 37.3. The van der Waals surface area contributed by atoms with E-state index in [-0.39, 0.29) is 41.2 Å². The standard InChI is InChI=1S/C41H50F2N4O6/c42-31-15-17-35(38(43)37(31)40(28-11-7-6-8-12-28)47(41(51)52)32-26-46-22-19-27(32)20-23-46)53-24-10-5-3-1-2-4-9-21-44-25-34(49)29-13-16-33(48)39-30(29)14-18-36(50)45-39/h6-8,11-18,27,32,34,40,44,48-49H,1-5,9-10,19-26H2,(H,45,50)(H,51,52)/t32?,34-,40+/m0/s1. The van der Waals surface area contributed by atoms with Gasteiger partial charge in [-0.2, -0.15) is 0 Å². The number of phenolic OH excluding ortho intramolecular Hbond substituents is 1. The molecular formula is C41H50F2N4O6. The van der Waals surface area contributed by atoms with E-state index in [4.69, 9.17) is 4.74 Å². The number of halogens is 2. The summed E-state index contributed by atoms with van der Waals surface area (Å²) in [5.41, 5.74) is 0.835. The number of nitrogens with zero attached hydrogens (tertiary/aromatic N) is 2. The zero-order valence-corrected chi connectivity index (χ0v) is 30.0. The Labute approximate surface area is 308 Å². The number of nitrogens with one attached hydrogen (secondary N) is 2. The molecule has 4 aromatic rings. The SMILES string of the molecule is O=C(O)N(C1CN2CCC1CC2)[C@H](c1ccccc1)c1c(F)ccc(OCCCCCCCCCNC[C@H](O)c2ccc(O)c3[nH]c(=O)ccc23)c1F. The van der Waals surface area contributed by atoms with Crippen LogP contribution in [0.25, 0.3) is 10.9 Å². The second-order valence-electron chi connectivity index (χ2n) is 14.3. The molecule has 3 fully saturated rings. The van der Waals surface area contributed by atoms with E-state index in [1.165, 1.54) is 29.2 Å². The van der Waals surface area contributed by atoms with Crippen LogP contribution in [0.15, 0.2) is 71.5 Å². The number of fused-ring (bicyclic) bond motifs is 4. The van der Waals surface area contributed by atoms with Crippen molar-refractivity contribution in [2.24, 2.45) is 5.92 Å². The van der Waals surface area contributed by atoms with Crippen molar-refractivity contribution in [3.8, 4) is 11.5 Å². The molecule has 5 N–H and O–H groups in total. The highest BCUT2D eigenvalue weighted by atomic mass is 19.1. The fraction of sp³-hybridized carbons (Fsp3) is 0.463. The molecule has 1 amide bonds. The third-order valence-corrected chi connectivity index (χ3v) is 10.8. The van der Waals surface area contributed by atoms with E-state index in [1.54, 1.807) is 42.5 Å². The average Bonchev–Trinajstić information content (AvgIpc) is 3.16. The van der Waals surface area contributed by atoms with Crippen LogP contribution in [0, 0.1) is 17.6 Å². The molecular weight excluding hydrogens is 682 g/mol. The summed E-state index contributed by atoms with van der Waals surface area (Å²) in [5.74, 6) is -1.64. The Bertz CT molecular complexity index is 1880. The summed E-state index contributed by atoms with van der Waals surface area (Å²) < 4.78 is 37.7. The van der Waals surface area contributed by atoms with Crippen LogP contribution in [0.5, 0.6) is 11.5 Å². The lowest BCUT2D eigenvalue weighted by atomic mass is 9.81. The van der Waals surface area contributed by atoms with Crippen molar-refractivity contribution >= 4 is 17.0 Å². The number of hydrogen-bond donors (Lipinski definition) is 5. The van der Waals surface area contributed by atoms with Crippen molar-refractivity contribution in [1.29, 1.82) is 0 Å². The first kappa shape index (κ1) is 38.2. The number of benzene rings is 3. The molecule has 284 valence electrons. The number of carbonyl (C=O) groups is 1. The number of aromatic hydroxyl groups is 1. The number of aliphatic hydroxyl groups is 1. The van der Waals surface area contributed by atoms with E-state index >= 15 is 8.78 Å². The fourth-order valence-corrected chi connectivity index (χ4v) is 8.02. The first-order chi connectivity index (χ1) is 25.7. The van der Waals surface area contributed by atoms with Gasteiger partial charge in [-0.1, -0.05) is 68.5 Å². The molecule has 1 aromatic heterocycles. The third-order valence-electron chi connectivity index (χ3n) is 10.8. The second kappa shape index (κ2) is 18.0. The van der Waals surface area contributed by atoms with Crippen molar-refractivity contribution in [2.45, 2.75) is 76.0 Å². The molecule has 2 bridgehead atoms. The molecule has 0 saturated carbocycles. The van der Waals surface area contributed by atoms with E-state index in [1.807, 2.05) is 0 Å². The van der Waals surface area contributed by atoms with E-state index in [0.29, 0.717) is 41.5 Å². The summed E-state index contributed by atoms with van der Waals surface area (Å²) in [6.07, 6.45) is 6.40. The van der Waals surface area contributed by atoms with Gasteiger partial charge in [-0.25, -0.2) is 13.6 Å². The van der Waals surface area contributed by atoms with Crippen molar-refractivity contribution < 1.29 is 33.6 Å². The van der Waals surface area contributed by atoms with Crippen molar-refractivity contribution in [2.75, 3.05) is 39.3 Å². The third kappa shape index (κ3) is 9.17. The molecule has 3 aliphatic rings. The Balaban J connectivity index is 0.943. The van der Waals surface area contributed by atoms with E-state index in [2.05, 4.69) is 15.2 Å². The van der Waals surface area contributed by atoms with Gasteiger partial charge < -0.3 is 35.3 Å². The zero-order valence-electron chi connectivity index (χ0n) is 30.0. The molecule has 53 heavy (non-hydrogen) atoms. The monoisotopic (exact) mass is 732 g/mol. The number of H-pyrrole nitrogens is 1. The second-order valence-corrected chi connectivity index (χ2v) is 14.3. The van der Waals surface area contributed by atoms with Gasteiger partial charge in [0.05, 0.1) is 35.9 Å². The van der Waals surface area contributed by atoms with Crippen LogP contribution in [-0.2, 0) is 0 Å². The highest BCUT2D eigenvalue weighted by Gasteiger charge is 2.44. The summed E-state index contributed by atoms with van der Waals surface area (Å²) in [6, 6.07) is 15.8. The number of unbranched alkanes of at least 4 members (excludes halogenated alkanes) is 6. The number of aromatic amines is 1. The molecule has 0 spiro atoms. The highest BCUT2D eigenvalue weighted by molar-refractivity contribution is 5.87. The van der Waals surface area contributed by atoms with E-state index < -0.39 is 29.9 Å². The summed E-state index contributed by atoms with van der Waals surface area (Å²) in [5, 5.41) is 35.2. The van der Waals surface area contributed by atoms with Crippen LogP contribution in [-0.4, -0.2) is 81.6 Å². The number of amides is 1. The molecule has 1 unspecified atom stereocenters. The number of phenols is 1. The number of aliphatic hydroxyl groups excluding tert-OH is 1. The van der Waals surface area contributed by atoms with Gasteiger partial charge in [0.15, 0.2) is 11.6 Å². The molecule has 0 radical (unpaired) electrons. The van der Waals surface area contributed by atoms with Crippen LogP contribution in [0.4, 0.5) is 13.6 Å². The molecule has 4 heterocycles. The van der Waals surface area contributed by atoms with Crippen LogP contribution in [0.1, 0.15) is 86.6 Å². The lowest BCUT2D eigenvalue weighted by Gasteiger charge is -2.50. The first-order valence-electron chi connectivity index (χ1n) is 18.9. The van der Waals surface area contributed by atoms with Crippen LogP contribution < -0.4 is 15.6 Å². The molecule has 10 nitrogen and oxygen atoms in total. The molecule has 3 aromatic carbocycles. The molecule has 7 rings (SSSR count). The Morgan fingerprint density at radius 1 is 0.943 bits per heavy atom. The Hall–Kier alpha value is -4.52. The molecule has 0 aliphatic carbocycles. The maximum absolute atomic E-state index is 16.2. The number of hydrogen-bond acceptors (Lipinski definition) is 7. The van der Waals surface area contributed by atoms with Gasteiger partial charge in [0.2, 0.25) is 5.56 Å². The number of ether oxygens (including phenoxy) is 1. The highest BCUT2D eigenvalue weighted by Crippen LogP contribution is 2.41. The number of pyridine rings is 1. The minimum absolute atomic E-state index is 0.0391. The van der Waals surface area contributed by atoms with Gasteiger partial charge in [-0.05, 0) is 86.6 Å². The van der Waals surface area contributed by atoms with Gasteiger partial charge in [0, 0.05) is 24.5 Å². The van der Waals surface area contributed by atoms with Crippen molar-refractivity contribution in [1.82, 2.24) is 20.1 Å². The summed E-state index contributed by atoms with van der Waals surface area (Å²) in [6.45, 7) is 3.73. The smallest absolute Gasteiger partial charge is 0.408 e. The van der Waals surface area contributed by atoms with E-state index in [9.17, 15) is 24.9 Å². The van der Waals surface area contributed by atoms with Gasteiger partial charge in [0.25, 0.3) is 0 Å². The number of carboxylic acid groups (broad SMARTS) is 1. The van der Waals surface area contributed by atoms with Gasteiger partial charge >= 0.3 is 6.09 Å². The maximum Gasteiger partial charge on any atom is 0.408 e. The molecule has 3 atom stereocenters. The Kier molecular flexibility index (Phi) is 13.0. The van der Waals surface area contributed by atoms with Crippen LogP contribution >= 0.6 is 0 Å². The molecule has 3 aliphatic heterocycles. The number of piperidine rings is 3. The van der Waals surface area contributed by atoms with Crippen LogP contribution in [0.2, 0.25) is 0 Å². The summed E-state index contributed by atoms with van der Waals surface area (Å²) in [4.78, 5) is 30.7. The first-order valence-corrected chi connectivity index (χ1v) is 18.9. The van der Waals surface area contributed by atoms with Gasteiger partial charge in [-0.15, -0.1) is 0 Å². The lowest BCUT2D eigenvalue weighted by Crippen LogP contribution is -2.59. The predicted molar refractivity (Wildman–Crippen MR) is 199 cm³/mol. The molecule has 3 saturated heterocycles. The topological polar surface area (TPSA) is 138 Å². The molecule has 12 heteroatoms. The summed E-state index contributed by atoms with van der Waals surface area (Å²) in [7, 11) is 0. The normalized spacial score (nSPS) is 19.3. The minimum Gasteiger partial charge on any atom is -0.506 e. The number of aromatic nitrogens is 1. The van der Waals surface area contributed by atoms with Crippen molar-refractivity contribution in [3.63, 3.8) is 0 Å². The van der Waals surface area contributed by atoms with Crippen LogP contribution in [0.3, 0.4) is 0 Å². The van der Waals surface area contributed by atoms with E-state index in [0.717, 1.165) is 71.0 Å². The minimum atomic E-state index is -1.20. The Morgan fingerprint density at radius 2 is 1.66 bits per heavy atom. The predicted octanol–water partition coefficient (Wildman–Crippen LogP) is 7.11.